The van der Waals surface area contributed by atoms with Crippen molar-refractivity contribution < 1.29 is 18.7 Å². The fourth-order valence-corrected chi connectivity index (χ4v) is 4.02. The van der Waals surface area contributed by atoms with Crippen LogP contribution in [0.25, 0.3) is 0 Å². The minimum atomic E-state index is -0.251. The minimum absolute atomic E-state index is 0.0941. The summed E-state index contributed by atoms with van der Waals surface area (Å²) in [4.78, 5) is 30.3. The molecule has 1 saturated heterocycles. The second-order valence-electron chi connectivity index (χ2n) is 7.65. The number of carbonyl (C=O) groups excluding carboxylic acids is 2. The van der Waals surface area contributed by atoms with Gasteiger partial charge >= 0.3 is 0 Å². The summed E-state index contributed by atoms with van der Waals surface area (Å²) in [5.74, 6) is -0.485. The van der Waals surface area contributed by atoms with E-state index in [1.54, 1.807) is 21.9 Å². The summed E-state index contributed by atoms with van der Waals surface area (Å²) in [5.41, 5.74) is 3.02. The average Bonchev–Trinajstić information content (AvgIpc) is 2.79. The van der Waals surface area contributed by atoms with E-state index in [9.17, 15) is 14.0 Å². The highest BCUT2D eigenvalue weighted by atomic mass is 19.1. The first kappa shape index (κ1) is 20.3. The standard InChI is InChI=1S/C23H26FN3O3/c24-20-7-3-4-8-21(20)25-11-13-26(14-12-25)22(28)16-30-17-23(29)27-10-9-18-5-1-2-6-19(18)15-27/h1-8H,9-17H2. The van der Waals surface area contributed by atoms with Crippen LogP contribution in [0.2, 0.25) is 0 Å². The maximum Gasteiger partial charge on any atom is 0.248 e. The SMILES string of the molecule is O=C(COCC(=O)N1CCc2ccccc2C1)N1CCN(c2ccccc2F)CC1. The lowest BCUT2D eigenvalue weighted by atomic mass is 10.00. The molecule has 2 aliphatic heterocycles. The molecule has 2 heterocycles. The molecule has 0 N–H and O–H groups in total. The van der Waals surface area contributed by atoms with Gasteiger partial charge in [0.2, 0.25) is 11.8 Å². The van der Waals surface area contributed by atoms with E-state index in [4.69, 9.17) is 4.74 Å². The highest BCUT2D eigenvalue weighted by molar-refractivity contribution is 5.80. The number of amides is 2. The molecule has 0 spiro atoms. The summed E-state index contributed by atoms with van der Waals surface area (Å²) >= 11 is 0. The monoisotopic (exact) mass is 411 g/mol. The lowest BCUT2D eigenvalue weighted by Gasteiger charge is -2.36. The number of benzene rings is 2. The molecular formula is C23H26FN3O3. The van der Waals surface area contributed by atoms with Crippen molar-refractivity contribution in [3.63, 3.8) is 0 Å². The third-order valence-electron chi connectivity index (χ3n) is 5.76. The van der Waals surface area contributed by atoms with Crippen molar-refractivity contribution in [2.75, 3.05) is 50.8 Å². The van der Waals surface area contributed by atoms with Gasteiger partial charge in [-0.25, -0.2) is 4.39 Å². The zero-order chi connectivity index (χ0) is 20.9. The molecule has 2 amide bonds. The van der Waals surface area contributed by atoms with Crippen LogP contribution in [0.5, 0.6) is 0 Å². The molecule has 6 nitrogen and oxygen atoms in total. The molecular weight excluding hydrogens is 385 g/mol. The predicted octanol–water partition coefficient (Wildman–Crippen LogP) is 2.08. The van der Waals surface area contributed by atoms with E-state index in [1.165, 1.54) is 17.2 Å². The van der Waals surface area contributed by atoms with Crippen LogP contribution in [-0.2, 0) is 27.3 Å². The Hall–Kier alpha value is -2.93. The van der Waals surface area contributed by atoms with Crippen LogP contribution in [-0.4, -0.2) is 67.6 Å². The van der Waals surface area contributed by atoms with Gasteiger partial charge in [-0.05, 0) is 29.7 Å². The number of piperazine rings is 1. The normalized spacial score (nSPS) is 16.4. The van der Waals surface area contributed by atoms with E-state index in [-0.39, 0.29) is 30.8 Å². The van der Waals surface area contributed by atoms with Gasteiger partial charge in [-0.15, -0.1) is 0 Å². The number of halogens is 1. The van der Waals surface area contributed by atoms with Gasteiger partial charge in [0.15, 0.2) is 0 Å². The van der Waals surface area contributed by atoms with Gasteiger partial charge in [0.05, 0.1) is 5.69 Å². The van der Waals surface area contributed by atoms with Gasteiger partial charge in [0.25, 0.3) is 0 Å². The number of carbonyl (C=O) groups is 2. The minimum Gasteiger partial charge on any atom is -0.366 e. The van der Waals surface area contributed by atoms with Crippen LogP contribution < -0.4 is 4.90 Å². The number of anilines is 1. The molecule has 7 heteroatoms. The fraction of sp³-hybridized carbons (Fsp3) is 0.391. The zero-order valence-corrected chi connectivity index (χ0v) is 16.9. The van der Waals surface area contributed by atoms with Gasteiger partial charge in [0.1, 0.15) is 19.0 Å². The Bertz CT molecular complexity index is 912. The number of para-hydroxylation sites is 1. The molecule has 0 bridgehead atoms. The Balaban J connectivity index is 1.19. The first-order valence-corrected chi connectivity index (χ1v) is 10.3. The van der Waals surface area contributed by atoms with E-state index in [0.717, 1.165) is 6.42 Å². The number of fused-ring (bicyclic) bond motifs is 1. The average molecular weight is 411 g/mol. The maximum atomic E-state index is 13.9. The molecule has 0 radical (unpaired) electrons. The molecule has 158 valence electrons. The molecule has 0 unspecified atom stereocenters. The molecule has 2 aromatic rings. The van der Waals surface area contributed by atoms with E-state index in [0.29, 0.717) is 45.0 Å². The number of hydrogen-bond donors (Lipinski definition) is 0. The van der Waals surface area contributed by atoms with Gasteiger partial charge in [0, 0.05) is 39.3 Å². The van der Waals surface area contributed by atoms with Crippen molar-refractivity contribution in [1.82, 2.24) is 9.80 Å². The van der Waals surface area contributed by atoms with Gasteiger partial charge < -0.3 is 19.4 Å². The zero-order valence-electron chi connectivity index (χ0n) is 16.9. The topological polar surface area (TPSA) is 53.1 Å². The first-order valence-electron chi connectivity index (χ1n) is 10.3. The summed E-state index contributed by atoms with van der Waals surface area (Å²) in [5, 5.41) is 0. The smallest absolute Gasteiger partial charge is 0.248 e. The van der Waals surface area contributed by atoms with Gasteiger partial charge in [-0.2, -0.15) is 0 Å². The molecule has 2 aliphatic rings. The Kier molecular flexibility index (Phi) is 6.28. The molecule has 4 rings (SSSR count). The van der Waals surface area contributed by atoms with E-state index >= 15 is 0 Å². The lowest BCUT2D eigenvalue weighted by molar-refractivity contribution is -0.142. The van der Waals surface area contributed by atoms with Crippen LogP contribution in [0, 0.1) is 5.82 Å². The van der Waals surface area contributed by atoms with E-state index in [2.05, 4.69) is 6.07 Å². The van der Waals surface area contributed by atoms with E-state index in [1.807, 2.05) is 29.2 Å². The Labute approximate surface area is 175 Å². The van der Waals surface area contributed by atoms with Crippen LogP contribution in [0.15, 0.2) is 48.5 Å². The Morgan fingerprint density at radius 1 is 0.800 bits per heavy atom. The summed E-state index contributed by atoms with van der Waals surface area (Å²) in [6, 6.07) is 14.8. The first-order chi connectivity index (χ1) is 14.6. The molecule has 0 atom stereocenters. The predicted molar refractivity (Wildman–Crippen MR) is 112 cm³/mol. The van der Waals surface area contributed by atoms with Crippen LogP contribution in [0.3, 0.4) is 0 Å². The molecule has 2 aromatic carbocycles. The fourth-order valence-electron chi connectivity index (χ4n) is 4.02. The highest BCUT2D eigenvalue weighted by Crippen LogP contribution is 2.20. The third kappa shape index (κ3) is 4.62. The second kappa shape index (κ2) is 9.26. The maximum absolute atomic E-state index is 13.9. The highest BCUT2D eigenvalue weighted by Gasteiger charge is 2.24. The largest absolute Gasteiger partial charge is 0.366 e. The van der Waals surface area contributed by atoms with E-state index < -0.39 is 0 Å². The quantitative estimate of drug-likeness (QED) is 0.756. The van der Waals surface area contributed by atoms with Crippen molar-refractivity contribution in [2.45, 2.75) is 13.0 Å². The van der Waals surface area contributed by atoms with Crippen molar-refractivity contribution in [3.05, 3.63) is 65.5 Å². The second-order valence-corrected chi connectivity index (χ2v) is 7.65. The summed E-state index contributed by atoms with van der Waals surface area (Å²) in [6.07, 6.45) is 0.840. The Morgan fingerprint density at radius 2 is 1.43 bits per heavy atom. The van der Waals surface area contributed by atoms with Crippen LogP contribution >= 0.6 is 0 Å². The lowest BCUT2D eigenvalue weighted by Crippen LogP contribution is -2.50. The van der Waals surface area contributed by atoms with Gasteiger partial charge in [-0.1, -0.05) is 36.4 Å². The van der Waals surface area contributed by atoms with Crippen molar-refractivity contribution in [1.29, 1.82) is 0 Å². The van der Waals surface area contributed by atoms with Crippen molar-refractivity contribution >= 4 is 17.5 Å². The number of rotatable bonds is 5. The molecule has 30 heavy (non-hydrogen) atoms. The Morgan fingerprint density at radius 3 is 2.17 bits per heavy atom. The molecule has 1 fully saturated rings. The molecule has 0 aromatic heterocycles. The van der Waals surface area contributed by atoms with Crippen LogP contribution in [0.4, 0.5) is 10.1 Å². The summed E-state index contributed by atoms with van der Waals surface area (Å²) < 4.78 is 19.4. The summed E-state index contributed by atoms with van der Waals surface area (Å²) in [6.45, 7) is 3.20. The molecule has 0 saturated carbocycles. The van der Waals surface area contributed by atoms with Crippen molar-refractivity contribution in [2.24, 2.45) is 0 Å². The number of ether oxygens (including phenoxy) is 1. The number of hydrogen-bond acceptors (Lipinski definition) is 4. The third-order valence-corrected chi connectivity index (χ3v) is 5.76. The van der Waals surface area contributed by atoms with Crippen LogP contribution in [0.1, 0.15) is 11.1 Å². The number of nitrogens with zero attached hydrogens (tertiary/aromatic N) is 3. The van der Waals surface area contributed by atoms with Crippen molar-refractivity contribution in [3.8, 4) is 0 Å². The molecule has 0 aliphatic carbocycles. The summed E-state index contributed by atoms with van der Waals surface area (Å²) in [7, 11) is 0. The van der Waals surface area contributed by atoms with Gasteiger partial charge in [-0.3, -0.25) is 9.59 Å².